The number of carbonyl (C=O) groups is 1. The zero-order valence-electron chi connectivity index (χ0n) is 19.1. The molecule has 1 aromatic carbocycles. The van der Waals surface area contributed by atoms with Crippen molar-refractivity contribution < 1.29 is 13.2 Å². The lowest BCUT2D eigenvalue weighted by atomic mass is 10.0. The number of amides is 1. The lowest BCUT2D eigenvalue weighted by Crippen LogP contribution is -2.28. The summed E-state index contributed by atoms with van der Waals surface area (Å²) in [6.07, 6.45) is 2.44. The largest absolute Gasteiger partial charge is 0.342 e. The number of carbonyl (C=O) groups excluding carboxylic acids is 1. The van der Waals surface area contributed by atoms with Crippen molar-refractivity contribution >= 4 is 26.8 Å². The quantitative estimate of drug-likeness (QED) is 0.563. The number of hydrogen-bond acceptors (Lipinski definition) is 5. The molecule has 1 unspecified atom stereocenters. The van der Waals surface area contributed by atoms with E-state index in [0.29, 0.717) is 41.0 Å². The molecule has 1 aliphatic rings. The molecule has 1 atom stereocenters. The highest BCUT2D eigenvalue weighted by Crippen LogP contribution is 2.32. The standard InChI is InChI=1S/C24H30N4O3S/c1-5-6-12-27(4)24(29)20-14-21(18-9-7-16(2)8-10-18)25-23-22(20)17(3)26-28(23)19-11-13-32(30,31)15-19/h7-10,14,19H,5-6,11-13,15H2,1-4H3. The van der Waals surface area contributed by atoms with Gasteiger partial charge in [-0.3, -0.25) is 4.79 Å². The van der Waals surface area contributed by atoms with Crippen LogP contribution in [0.2, 0.25) is 0 Å². The first-order chi connectivity index (χ1) is 15.2. The molecule has 4 rings (SSSR count). The maximum absolute atomic E-state index is 13.5. The summed E-state index contributed by atoms with van der Waals surface area (Å²) >= 11 is 0. The van der Waals surface area contributed by atoms with Crippen LogP contribution in [0.25, 0.3) is 22.3 Å². The summed E-state index contributed by atoms with van der Waals surface area (Å²) in [4.78, 5) is 20.1. The second-order valence-corrected chi connectivity index (χ2v) is 11.0. The van der Waals surface area contributed by atoms with Gasteiger partial charge in [-0.05, 0) is 32.8 Å². The van der Waals surface area contributed by atoms with E-state index in [1.165, 1.54) is 0 Å². The molecule has 1 aliphatic heterocycles. The van der Waals surface area contributed by atoms with Gasteiger partial charge in [-0.2, -0.15) is 5.10 Å². The minimum absolute atomic E-state index is 0.0549. The topological polar surface area (TPSA) is 85.2 Å². The molecular formula is C24H30N4O3S. The van der Waals surface area contributed by atoms with Crippen LogP contribution in [0, 0.1) is 13.8 Å². The number of unbranched alkanes of at least 4 members (excludes halogenated alkanes) is 1. The molecule has 0 bridgehead atoms. The van der Waals surface area contributed by atoms with Crippen molar-refractivity contribution in [2.75, 3.05) is 25.1 Å². The molecule has 170 valence electrons. The van der Waals surface area contributed by atoms with E-state index in [1.807, 2.05) is 51.2 Å². The molecule has 3 aromatic rings. The van der Waals surface area contributed by atoms with Gasteiger partial charge in [0.05, 0.1) is 39.9 Å². The van der Waals surface area contributed by atoms with E-state index < -0.39 is 9.84 Å². The van der Waals surface area contributed by atoms with Crippen LogP contribution in [0.15, 0.2) is 30.3 Å². The van der Waals surface area contributed by atoms with E-state index in [9.17, 15) is 13.2 Å². The van der Waals surface area contributed by atoms with Crippen LogP contribution in [0.3, 0.4) is 0 Å². The zero-order chi connectivity index (χ0) is 23.0. The lowest BCUT2D eigenvalue weighted by molar-refractivity contribution is 0.0795. The molecule has 1 amide bonds. The Bertz CT molecular complexity index is 1260. The highest BCUT2D eigenvalue weighted by atomic mass is 32.2. The predicted octanol–water partition coefficient (Wildman–Crippen LogP) is 3.95. The minimum Gasteiger partial charge on any atom is -0.342 e. The van der Waals surface area contributed by atoms with Crippen molar-refractivity contribution in [2.45, 2.75) is 46.1 Å². The third-order valence-corrected chi connectivity index (χ3v) is 7.91. The number of rotatable bonds is 6. The van der Waals surface area contributed by atoms with Crippen molar-refractivity contribution in [1.82, 2.24) is 19.7 Å². The van der Waals surface area contributed by atoms with Gasteiger partial charge in [-0.15, -0.1) is 0 Å². The van der Waals surface area contributed by atoms with Crippen molar-refractivity contribution in [3.05, 3.63) is 47.2 Å². The van der Waals surface area contributed by atoms with E-state index in [0.717, 1.165) is 24.0 Å². The van der Waals surface area contributed by atoms with E-state index in [2.05, 4.69) is 12.0 Å². The molecule has 0 radical (unpaired) electrons. The number of sulfone groups is 1. The molecule has 3 heterocycles. The van der Waals surface area contributed by atoms with Gasteiger partial charge in [0.15, 0.2) is 15.5 Å². The molecule has 0 spiro atoms. The molecule has 8 heteroatoms. The zero-order valence-corrected chi connectivity index (χ0v) is 19.9. The van der Waals surface area contributed by atoms with Gasteiger partial charge < -0.3 is 4.90 Å². The van der Waals surface area contributed by atoms with Gasteiger partial charge >= 0.3 is 0 Å². The van der Waals surface area contributed by atoms with Gasteiger partial charge in [0, 0.05) is 19.2 Å². The second kappa shape index (κ2) is 8.65. The SMILES string of the molecule is CCCCN(C)C(=O)c1cc(-c2ccc(C)cc2)nc2c1c(C)nn2C1CCS(=O)(=O)C1. The van der Waals surface area contributed by atoms with Crippen LogP contribution in [-0.4, -0.2) is 59.1 Å². The number of benzene rings is 1. The summed E-state index contributed by atoms with van der Waals surface area (Å²) in [6, 6.07) is 9.60. The average molecular weight is 455 g/mol. The Morgan fingerprint density at radius 3 is 2.56 bits per heavy atom. The van der Waals surface area contributed by atoms with E-state index in [4.69, 9.17) is 4.98 Å². The molecule has 1 saturated heterocycles. The fourth-order valence-electron chi connectivity index (χ4n) is 4.28. The normalized spacial score (nSPS) is 17.7. The van der Waals surface area contributed by atoms with E-state index in [-0.39, 0.29) is 23.5 Å². The molecule has 2 aromatic heterocycles. The Hall–Kier alpha value is -2.74. The maximum atomic E-state index is 13.5. The fraction of sp³-hybridized carbons (Fsp3) is 0.458. The first-order valence-corrected chi connectivity index (χ1v) is 12.9. The number of fused-ring (bicyclic) bond motifs is 1. The van der Waals surface area contributed by atoms with Crippen LogP contribution in [0.4, 0.5) is 0 Å². The molecule has 7 nitrogen and oxygen atoms in total. The van der Waals surface area contributed by atoms with Crippen LogP contribution in [-0.2, 0) is 9.84 Å². The van der Waals surface area contributed by atoms with Gasteiger partial charge in [0.1, 0.15) is 0 Å². The molecule has 0 saturated carbocycles. The number of hydrogen-bond donors (Lipinski definition) is 0. The molecule has 0 N–H and O–H groups in total. The van der Waals surface area contributed by atoms with Gasteiger partial charge in [0.25, 0.3) is 5.91 Å². The first kappa shape index (κ1) is 22.5. The fourth-order valence-corrected chi connectivity index (χ4v) is 5.97. The minimum atomic E-state index is -3.08. The van der Waals surface area contributed by atoms with Crippen LogP contribution in [0.1, 0.15) is 53.8 Å². The Kier molecular flexibility index (Phi) is 6.07. The second-order valence-electron chi connectivity index (χ2n) is 8.79. The van der Waals surface area contributed by atoms with Gasteiger partial charge in [-0.1, -0.05) is 43.2 Å². The van der Waals surface area contributed by atoms with Crippen molar-refractivity contribution in [1.29, 1.82) is 0 Å². The molecule has 32 heavy (non-hydrogen) atoms. The highest BCUT2D eigenvalue weighted by Gasteiger charge is 2.32. The van der Waals surface area contributed by atoms with Crippen molar-refractivity contribution in [2.24, 2.45) is 0 Å². The number of pyridine rings is 1. The molecule has 1 fully saturated rings. The third-order valence-electron chi connectivity index (χ3n) is 6.16. The molecular weight excluding hydrogens is 424 g/mol. The number of nitrogens with zero attached hydrogens (tertiary/aromatic N) is 4. The van der Waals surface area contributed by atoms with Gasteiger partial charge in [0.2, 0.25) is 0 Å². The summed E-state index contributed by atoms with van der Waals surface area (Å²) < 4.78 is 26.0. The monoisotopic (exact) mass is 454 g/mol. The van der Waals surface area contributed by atoms with Crippen LogP contribution >= 0.6 is 0 Å². The Labute approximate surface area is 189 Å². The van der Waals surface area contributed by atoms with Crippen LogP contribution < -0.4 is 0 Å². The third kappa shape index (κ3) is 4.28. The number of aromatic nitrogens is 3. The summed E-state index contributed by atoms with van der Waals surface area (Å²) in [5.41, 5.74) is 4.57. The Morgan fingerprint density at radius 1 is 1.22 bits per heavy atom. The number of aryl methyl sites for hydroxylation is 2. The summed E-state index contributed by atoms with van der Waals surface area (Å²) in [5, 5.41) is 5.38. The summed E-state index contributed by atoms with van der Waals surface area (Å²) in [7, 11) is -1.27. The van der Waals surface area contributed by atoms with E-state index >= 15 is 0 Å². The Morgan fingerprint density at radius 2 is 1.94 bits per heavy atom. The highest BCUT2D eigenvalue weighted by molar-refractivity contribution is 7.91. The summed E-state index contributed by atoms with van der Waals surface area (Å²) in [5.74, 6) is 0.140. The summed E-state index contributed by atoms with van der Waals surface area (Å²) in [6.45, 7) is 6.66. The average Bonchev–Trinajstić information content (AvgIpc) is 3.30. The Balaban J connectivity index is 1.90. The van der Waals surface area contributed by atoms with E-state index in [1.54, 1.807) is 9.58 Å². The first-order valence-electron chi connectivity index (χ1n) is 11.1. The van der Waals surface area contributed by atoms with Crippen molar-refractivity contribution in [3.8, 4) is 11.3 Å². The molecule has 0 aliphatic carbocycles. The van der Waals surface area contributed by atoms with Crippen LogP contribution in [0.5, 0.6) is 0 Å². The van der Waals surface area contributed by atoms with Crippen molar-refractivity contribution in [3.63, 3.8) is 0 Å². The lowest BCUT2D eigenvalue weighted by Gasteiger charge is -2.18. The maximum Gasteiger partial charge on any atom is 0.254 e. The van der Waals surface area contributed by atoms with Gasteiger partial charge in [-0.25, -0.2) is 18.1 Å². The smallest absolute Gasteiger partial charge is 0.254 e. The predicted molar refractivity (Wildman–Crippen MR) is 127 cm³/mol.